The van der Waals surface area contributed by atoms with E-state index in [4.69, 9.17) is 17.3 Å². The Kier molecular flexibility index (Phi) is 5.45. The zero-order chi connectivity index (χ0) is 15.4. The molecule has 4 nitrogen and oxygen atoms in total. The number of nitrogens with two attached hydrogens (primary N) is 1. The molecule has 0 bridgehead atoms. The Hall–Kier alpha value is -1.30. The van der Waals surface area contributed by atoms with E-state index in [2.05, 4.69) is 9.72 Å². The summed E-state index contributed by atoms with van der Waals surface area (Å²) in [7, 11) is 1.33. The summed E-state index contributed by atoms with van der Waals surface area (Å²) in [5, 5.41) is 1.73. The first kappa shape index (κ1) is 16.1. The van der Waals surface area contributed by atoms with Crippen molar-refractivity contribution in [2.45, 2.75) is 18.7 Å². The number of halogens is 1. The molecule has 1 aromatic heterocycles. The maximum Gasteiger partial charge on any atom is 0.323 e. The van der Waals surface area contributed by atoms with Crippen LogP contribution in [0.25, 0.3) is 10.9 Å². The van der Waals surface area contributed by atoms with Gasteiger partial charge in [-0.2, -0.15) is 11.8 Å². The van der Waals surface area contributed by atoms with Gasteiger partial charge in [0.15, 0.2) is 0 Å². The average Bonchev–Trinajstić information content (AvgIpc) is 2.51. The predicted molar refractivity (Wildman–Crippen MR) is 87.6 cm³/mol. The third-order valence-electron chi connectivity index (χ3n) is 3.19. The molecule has 112 valence electrons. The van der Waals surface area contributed by atoms with E-state index < -0.39 is 12.0 Å². The molecular weight excluding hydrogens is 308 g/mol. The van der Waals surface area contributed by atoms with E-state index in [0.717, 1.165) is 22.2 Å². The molecule has 2 N–H and O–H groups in total. The van der Waals surface area contributed by atoms with Gasteiger partial charge in [0.25, 0.3) is 0 Å². The number of para-hydroxylation sites is 1. The maximum absolute atomic E-state index is 11.2. The van der Waals surface area contributed by atoms with Gasteiger partial charge < -0.3 is 10.5 Å². The Morgan fingerprint density at radius 1 is 1.48 bits per heavy atom. The van der Waals surface area contributed by atoms with Gasteiger partial charge in [-0.05, 0) is 18.6 Å². The maximum atomic E-state index is 11.2. The number of esters is 1. The lowest BCUT2D eigenvalue weighted by Gasteiger charge is -2.11. The van der Waals surface area contributed by atoms with E-state index in [1.54, 1.807) is 0 Å². The van der Waals surface area contributed by atoms with Gasteiger partial charge in [-0.3, -0.25) is 9.78 Å². The molecule has 21 heavy (non-hydrogen) atoms. The van der Waals surface area contributed by atoms with Crippen molar-refractivity contribution in [3.05, 3.63) is 40.5 Å². The van der Waals surface area contributed by atoms with Gasteiger partial charge in [0.1, 0.15) is 6.04 Å². The summed E-state index contributed by atoms with van der Waals surface area (Å²) in [6.07, 6.45) is 0. The lowest BCUT2D eigenvalue weighted by Crippen LogP contribution is -2.33. The Balaban J connectivity index is 2.12. The summed E-state index contributed by atoms with van der Waals surface area (Å²) >= 11 is 7.90. The van der Waals surface area contributed by atoms with Crippen molar-refractivity contribution in [3.63, 3.8) is 0 Å². The third-order valence-corrected chi connectivity index (χ3v) is 4.76. The van der Waals surface area contributed by atoms with Crippen molar-refractivity contribution in [2.75, 3.05) is 12.9 Å². The highest BCUT2D eigenvalue weighted by Gasteiger charge is 2.15. The van der Waals surface area contributed by atoms with Gasteiger partial charge in [-0.25, -0.2) is 0 Å². The Morgan fingerprint density at radius 3 is 2.90 bits per heavy atom. The number of nitrogens with zero attached hydrogens (tertiary/aromatic N) is 1. The quantitative estimate of drug-likeness (QED) is 0.857. The van der Waals surface area contributed by atoms with Crippen LogP contribution in [0.5, 0.6) is 0 Å². The van der Waals surface area contributed by atoms with Crippen LogP contribution in [0.15, 0.2) is 24.3 Å². The Bertz CT molecular complexity index is 663. The standard InChI is InChI=1S/C15H17ClN2O2S/c1-9-10-5-3-4-6-12(10)18-13(14(9)16)8-21-7-11(17)15(19)20-2/h3-6,11H,7-8,17H2,1-2H3. The fraction of sp³-hybridized carbons (Fsp3) is 0.333. The van der Waals surface area contributed by atoms with Crippen LogP contribution in [0.4, 0.5) is 0 Å². The van der Waals surface area contributed by atoms with Crippen LogP contribution in [-0.2, 0) is 15.3 Å². The number of carbonyl (C=O) groups is 1. The molecule has 0 radical (unpaired) electrons. The van der Waals surface area contributed by atoms with E-state index in [1.807, 2.05) is 31.2 Å². The van der Waals surface area contributed by atoms with Crippen LogP contribution in [0.1, 0.15) is 11.3 Å². The fourth-order valence-electron chi connectivity index (χ4n) is 2.02. The molecular formula is C15H17ClN2O2S. The molecule has 0 aliphatic rings. The second kappa shape index (κ2) is 7.11. The number of rotatable bonds is 5. The molecule has 1 atom stereocenters. The lowest BCUT2D eigenvalue weighted by atomic mass is 10.1. The molecule has 0 aliphatic heterocycles. The van der Waals surface area contributed by atoms with Crippen molar-refractivity contribution in [3.8, 4) is 0 Å². The summed E-state index contributed by atoms with van der Waals surface area (Å²) in [4.78, 5) is 15.8. The predicted octanol–water partition coefficient (Wildman–Crippen LogP) is 2.93. The number of fused-ring (bicyclic) bond motifs is 1. The van der Waals surface area contributed by atoms with Gasteiger partial charge in [-0.15, -0.1) is 0 Å². The average molecular weight is 325 g/mol. The zero-order valence-electron chi connectivity index (χ0n) is 11.9. The first-order valence-corrected chi connectivity index (χ1v) is 8.02. The van der Waals surface area contributed by atoms with Crippen molar-refractivity contribution >= 4 is 40.2 Å². The van der Waals surface area contributed by atoms with Crippen LogP contribution in [0, 0.1) is 6.92 Å². The number of carbonyl (C=O) groups excluding carboxylic acids is 1. The molecule has 1 heterocycles. The molecule has 0 spiro atoms. The number of thioether (sulfide) groups is 1. The summed E-state index contributed by atoms with van der Waals surface area (Å²) < 4.78 is 4.60. The third kappa shape index (κ3) is 3.67. The van der Waals surface area contributed by atoms with Crippen molar-refractivity contribution in [1.29, 1.82) is 0 Å². The molecule has 0 saturated carbocycles. The molecule has 0 saturated heterocycles. The van der Waals surface area contributed by atoms with Gasteiger partial charge in [0, 0.05) is 16.9 Å². The molecule has 0 aliphatic carbocycles. The molecule has 2 rings (SSSR count). The van der Waals surface area contributed by atoms with E-state index in [-0.39, 0.29) is 0 Å². The summed E-state index contributed by atoms with van der Waals surface area (Å²) in [6, 6.07) is 7.27. The largest absolute Gasteiger partial charge is 0.468 e. The number of ether oxygens (including phenoxy) is 1. The second-order valence-electron chi connectivity index (χ2n) is 4.66. The SMILES string of the molecule is COC(=O)C(N)CSCc1nc2ccccc2c(C)c1Cl. The van der Waals surface area contributed by atoms with Crippen molar-refractivity contribution in [1.82, 2.24) is 4.98 Å². The minimum absolute atomic E-state index is 0.406. The van der Waals surface area contributed by atoms with Crippen LogP contribution in [0.2, 0.25) is 5.02 Å². The number of aromatic nitrogens is 1. The monoisotopic (exact) mass is 324 g/mol. The van der Waals surface area contributed by atoms with E-state index in [0.29, 0.717) is 16.5 Å². The van der Waals surface area contributed by atoms with Gasteiger partial charge in [0.05, 0.1) is 23.3 Å². The molecule has 0 amide bonds. The number of benzene rings is 1. The highest BCUT2D eigenvalue weighted by molar-refractivity contribution is 7.98. The van der Waals surface area contributed by atoms with Crippen LogP contribution < -0.4 is 5.73 Å². The number of aryl methyl sites for hydroxylation is 1. The van der Waals surface area contributed by atoms with Crippen molar-refractivity contribution in [2.24, 2.45) is 5.73 Å². The Morgan fingerprint density at radius 2 is 2.19 bits per heavy atom. The topological polar surface area (TPSA) is 65.2 Å². The second-order valence-corrected chi connectivity index (χ2v) is 6.07. The molecule has 1 unspecified atom stereocenters. The molecule has 2 aromatic rings. The van der Waals surface area contributed by atoms with Crippen LogP contribution >= 0.6 is 23.4 Å². The smallest absolute Gasteiger partial charge is 0.323 e. The van der Waals surface area contributed by atoms with Gasteiger partial charge in [0.2, 0.25) is 0 Å². The number of pyridine rings is 1. The highest BCUT2D eigenvalue weighted by Crippen LogP contribution is 2.29. The summed E-state index contributed by atoms with van der Waals surface area (Å²) in [5.41, 5.74) is 8.46. The summed E-state index contributed by atoms with van der Waals surface area (Å²) in [5.74, 6) is 0.669. The van der Waals surface area contributed by atoms with E-state index >= 15 is 0 Å². The van der Waals surface area contributed by atoms with Crippen molar-refractivity contribution < 1.29 is 9.53 Å². The number of methoxy groups -OCH3 is 1. The normalized spacial score (nSPS) is 12.4. The highest BCUT2D eigenvalue weighted by atomic mass is 35.5. The van der Waals surface area contributed by atoms with Crippen LogP contribution in [0.3, 0.4) is 0 Å². The minimum Gasteiger partial charge on any atom is -0.468 e. The van der Waals surface area contributed by atoms with Crippen LogP contribution in [-0.4, -0.2) is 29.9 Å². The molecule has 0 fully saturated rings. The van der Waals surface area contributed by atoms with E-state index in [9.17, 15) is 4.79 Å². The fourth-order valence-corrected chi connectivity index (χ4v) is 3.22. The number of hydrogen-bond acceptors (Lipinski definition) is 5. The van der Waals surface area contributed by atoms with Gasteiger partial charge in [-0.1, -0.05) is 29.8 Å². The molecule has 1 aromatic carbocycles. The van der Waals surface area contributed by atoms with Gasteiger partial charge >= 0.3 is 5.97 Å². The zero-order valence-corrected chi connectivity index (χ0v) is 13.5. The first-order valence-electron chi connectivity index (χ1n) is 6.49. The molecule has 6 heteroatoms. The lowest BCUT2D eigenvalue weighted by molar-refractivity contribution is -0.141. The summed E-state index contributed by atoms with van der Waals surface area (Å²) in [6.45, 7) is 1.99. The first-order chi connectivity index (χ1) is 10.0. The Labute approximate surface area is 133 Å². The number of hydrogen-bond donors (Lipinski definition) is 1. The minimum atomic E-state index is -0.625. The van der Waals surface area contributed by atoms with E-state index in [1.165, 1.54) is 18.9 Å².